The van der Waals surface area contributed by atoms with Gasteiger partial charge >= 0.3 is 0 Å². The van der Waals surface area contributed by atoms with Crippen molar-refractivity contribution in [2.24, 2.45) is 0 Å². The van der Waals surface area contributed by atoms with E-state index in [9.17, 15) is 9.59 Å². The Balaban J connectivity index is 1.63. The van der Waals surface area contributed by atoms with Gasteiger partial charge in [-0.15, -0.1) is 22.7 Å². The number of hydrogen-bond donors (Lipinski definition) is 0. The number of hydrogen-bond acceptors (Lipinski definition) is 5. The molecule has 0 aromatic carbocycles. The first-order valence-corrected chi connectivity index (χ1v) is 13.2. The van der Waals surface area contributed by atoms with Crippen LogP contribution in [0.5, 0.6) is 0 Å². The third-order valence-corrected chi connectivity index (χ3v) is 11.7. The summed E-state index contributed by atoms with van der Waals surface area (Å²) in [5.74, 6) is -0.253. The number of ketones is 2. The summed E-state index contributed by atoms with van der Waals surface area (Å²) in [4.78, 5) is 28.7. The zero-order valence-corrected chi connectivity index (χ0v) is 16.5. The van der Waals surface area contributed by atoms with Crippen LogP contribution in [0.4, 0.5) is 0 Å². The van der Waals surface area contributed by atoms with Crippen molar-refractivity contribution in [3.63, 3.8) is 0 Å². The standard InChI is InChI=1S/C18H12O2S3Si/c1-24(2)13-3-4-22-17(13)18-14(24)6-9(23-18)5-10-15(19)11-7-21-8-12(11)16(10)20/h3-8H,1-2H3. The third-order valence-electron chi connectivity index (χ3n) is 4.90. The van der Waals surface area contributed by atoms with Crippen molar-refractivity contribution in [3.8, 4) is 9.75 Å². The number of allylic oxidation sites excluding steroid dienone is 1. The lowest BCUT2D eigenvalue weighted by Gasteiger charge is -2.15. The van der Waals surface area contributed by atoms with Gasteiger partial charge in [-0.2, -0.15) is 11.3 Å². The summed E-state index contributed by atoms with van der Waals surface area (Å²) >= 11 is 4.92. The Morgan fingerprint density at radius 3 is 2.42 bits per heavy atom. The van der Waals surface area contributed by atoms with Gasteiger partial charge in [0.05, 0.1) is 5.57 Å². The van der Waals surface area contributed by atoms with Gasteiger partial charge in [0, 0.05) is 36.5 Å². The van der Waals surface area contributed by atoms with Gasteiger partial charge in [0.25, 0.3) is 0 Å². The highest BCUT2D eigenvalue weighted by Gasteiger charge is 2.40. The van der Waals surface area contributed by atoms with E-state index >= 15 is 0 Å². The summed E-state index contributed by atoms with van der Waals surface area (Å²) < 4.78 is 0. The Morgan fingerprint density at radius 2 is 1.71 bits per heavy atom. The van der Waals surface area contributed by atoms with Gasteiger partial charge in [-0.1, -0.05) is 19.2 Å². The highest BCUT2D eigenvalue weighted by molar-refractivity contribution is 7.28. The Kier molecular flexibility index (Phi) is 2.90. The molecule has 2 aliphatic rings. The molecule has 0 fully saturated rings. The van der Waals surface area contributed by atoms with Crippen LogP contribution in [0.2, 0.25) is 13.1 Å². The zero-order chi connectivity index (χ0) is 16.6. The van der Waals surface area contributed by atoms with Gasteiger partial charge in [-0.25, -0.2) is 0 Å². The number of Topliss-reactive ketones (excluding diaryl/α,β-unsaturated/α-hetero) is 2. The topological polar surface area (TPSA) is 34.1 Å². The molecule has 4 heterocycles. The first-order valence-electron chi connectivity index (χ1n) is 7.58. The van der Waals surface area contributed by atoms with E-state index in [4.69, 9.17) is 0 Å². The number of carbonyl (C=O) groups is 2. The van der Waals surface area contributed by atoms with Crippen molar-refractivity contribution >= 4 is 70.1 Å². The lowest BCUT2D eigenvalue weighted by Crippen LogP contribution is -2.48. The monoisotopic (exact) mass is 384 g/mol. The predicted octanol–water partition coefficient (Wildman–Crippen LogP) is 4.14. The van der Waals surface area contributed by atoms with E-state index in [0.29, 0.717) is 16.7 Å². The van der Waals surface area contributed by atoms with Crippen LogP contribution in [-0.4, -0.2) is 19.6 Å². The van der Waals surface area contributed by atoms with E-state index in [2.05, 4.69) is 30.6 Å². The molecule has 0 saturated heterocycles. The Hall–Kier alpha value is -1.60. The van der Waals surface area contributed by atoms with Gasteiger partial charge in [0.2, 0.25) is 0 Å². The van der Waals surface area contributed by atoms with E-state index in [0.717, 1.165) is 4.88 Å². The molecule has 0 spiro atoms. The Bertz CT molecular complexity index is 1050. The highest BCUT2D eigenvalue weighted by atomic mass is 32.1. The smallest absolute Gasteiger partial charge is 0.198 e. The van der Waals surface area contributed by atoms with Gasteiger partial charge in [-0.05, 0) is 27.9 Å². The summed E-state index contributed by atoms with van der Waals surface area (Å²) in [6, 6.07) is 4.47. The average molecular weight is 385 g/mol. The molecule has 0 atom stereocenters. The van der Waals surface area contributed by atoms with Gasteiger partial charge in [-0.3, -0.25) is 9.59 Å². The molecule has 0 amide bonds. The molecule has 118 valence electrons. The van der Waals surface area contributed by atoms with Crippen molar-refractivity contribution in [2.75, 3.05) is 0 Å². The van der Waals surface area contributed by atoms with E-state index in [1.54, 1.807) is 39.5 Å². The molecular formula is C18H12O2S3Si. The van der Waals surface area contributed by atoms with Crippen LogP contribution in [0, 0.1) is 0 Å². The summed E-state index contributed by atoms with van der Waals surface area (Å²) in [5, 5.41) is 8.68. The van der Waals surface area contributed by atoms with Crippen LogP contribution in [-0.2, 0) is 0 Å². The Morgan fingerprint density at radius 1 is 1.00 bits per heavy atom. The second-order valence-corrected chi connectivity index (χ2v) is 13.7. The molecule has 0 bridgehead atoms. The Labute approximate surface area is 152 Å². The second-order valence-electron chi connectivity index (χ2n) is 6.60. The number of thiophene rings is 3. The van der Waals surface area contributed by atoms with Gasteiger partial charge in [0.15, 0.2) is 11.6 Å². The highest BCUT2D eigenvalue weighted by Crippen LogP contribution is 2.39. The fraction of sp³-hybridized carbons (Fsp3) is 0.111. The normalized spacial score (nSPS) is 17.2. The molecule has 0 radical (unpaired) electrons. The van der Waals surface area contributed by atoms with Crippen molar-refractivity contribution in [3.05, 3.63) is 49.9 Å². The molecule has 5 rings (SSSR count). The minimum atomic E-state index is -1.63. The van der Waals surface area contributed by atoms with Crippen molar-refractivity contribution < 1.29 is 9.59 Å². The first kappa shape index (κ1) is 14.7. The fourth-order valence-electron chi connectivity index (χ4n) is 3.55. The van der Waals surface area contributed by atoms with Crippen LogP contribution < -0.4 is 10.4 Å². The summed E-state index contributed by atoms with van der Waals surface area (Å²) in [7, 11) is -1.63. The molecule has 1 aliphatic carbocycles. The van der Waals surface area contributed by atoms with Gasteiger partial charge in [0.1, 0.15) is 8.07 Å². The average Bonchev–Trinajstić information content (AvgIpc) is 3.31. The molecule has 3 aromatic rings. The molecule has 1 aliphatic heterocycles. The lowest BCUT2D eigenvalue weighted by molar-refractivity contribution is 0.0990. The molecule has 2 nitrogen and oxygen atoms in total. The first-order chi connectivity index (χ1) is 11.5. The summed E-state index contributed by atoms with van der Waals surface area (Å²) in [5.41, 5.74) is 1.45. The number of rotatable bonds is 1. The maximum absolute atomic E-state index is 12.5. The maximum atomic E-state index is 12.5. The van der Waals surface area contributed by atoms with Crippen molar-refractivity contribution in [1.82, 2.24) is 0 Å². The molecule has 0 N–H and O–H groups in total. The molecule has 0 saturated carbocycles. The second kappa shape index (κ2) is 4.73. The third kappa shape index (κ3) is 1.74. The summed E-state index contributed by atoms with van der Waals surface area (Å²) in [6.45, 7) is 4.74. The quantitative estimate of drug-likeness (QED) is 0.359. The van der Waals surface area contributed by atoms with Crippen LogP contribution >= 0.6 is 34.0 Å². The van der Waals surface area contributed by atoms with Crippen LogP contribution in [0.1, 0.15) is 25.6 Å². The maximum Gasteiger partial charge on any atom is 0.198 e. The lowest BCUT2D eigenvalue weighted by atomic mass is 10.1. The van der Waals surface area contributed by atoms with Crippen molar-refractivity contribution in [1.29, 1.82) is 0 Å². The van der Waals surface area contributed by atoms with Crippen LogP contribution in [0.25, 0.3) is 15.8 Å². The van der Waals surface area contributed by atoms with Gasteiger partial charge < -0.3 is 0 Å². The van der Waals surface area contributed by atoms with Crippen LogP contribution in [0.3, 0.4) is 0 Å². The molecule has 3 aromatic heterocycles. The minimum Gasteiger partial charge on any atom is -0.288 e. The van der Waals surface area contributed by atoms with E-state index < -0.39 is 8.07 Å². The SMILES string of the molecule is C[Si]1(C)c2ccsc2-c2sc(C=C3C(=O)c4cscc4C3=O)cc21. The molecule has 0 unspecified atom stereocenters. The fourth-order valence-corrected chi connectivity index (χ4v) is 11.3. The van der Waals surface area contributed by atoms with E-state index in [1.165, 1.54) is 31.5 Å². The minimum absolute atomic E-state index is 0.127. The number of fused-ring (bicyclic) bond motifs is 4. The van der Waals surface area contributed by atoms with Crippen LogP contribution in [0.15, 0.2) is 33.8 Å². The zero-order valence-electron chi connectivity index (χ0n) is 13.0. The summed E-state index contributed by atoms with van der Waals surface area (Å²) in [6.07, 6.45) is 1.80. The molecule has 6 heteroatoms. The predicted molar refractivity (Wildman–Crippen MR) is 105 cm³/mol. The molecule has 24 heavy (non-hydrogen) atoms. The largest absolute Gasteiger partial charge is 0.288 e. The molecular weight excluding hydrogens is 372 g/mol. The van der Waals surface area contributed by atoms with E-state index in [1.807, 2.05) is 0 Å². The number of carbonyl (C=O) groups excluding carboxylic acids is 2. The van der Waals surface area contributed by atoms with Crippen molar-refractivity contribution in [2.45, 2.75) is 13.1 Å². The van der Waals surface area contributed by atoms with E-state index in [-0.39, 0.29) is 11.6 Å².